The molecule has 1 aromatic carbocycles. The highest BCUT2D eigenvalue weighted by atomic mass is 79.9. The van der Waals surface area contributed by atoms with Gasteiger partial charge in [-0.25, -0.2) is 0 Å². The Balaban J connectivity index is 2.12. The maximum atomic E-state index is 10.7. The minimum Gasteiger partial charge on any atom is -0.496 e. The van der Waals surface area contributed by atoms with Crippen LogP contribution in [0.4, 0.5) is 0 Å². The highest BCUT2D eigenvalue weighted by Gasteiger charge is 2.41. The number of aliphatic hydroxyl groups is 1. The summed E-state index contributed by atoms with van der Waals surface area (Å²) in [6.07, 6.45) is 4.34. The molecule has 4 heteroatoms. The van der Waals surface area contributed by atoms with Crippen molar-refractivity contribution in [2.24, 2.45) is 5.92 Å². The normalized spacial score (nSPS) is 27.4. The summed E-state index contributed by atoms with van der Waals surface area (Å²) in [5.74, 6) is 1.41. The molecule has 118 valence electrons. The third-order valence-electron chi connectivity index (χ3n) is 4.65. The smallest absolute Gasteiger partial charge is 0.133 e. The third-order valence-corrected chi connectivity index (χ3v) is 5.27. The van der Waals surface area contributed by atoms with Crippen LogP contribution in [0.3, 0.4) is 0 Å². The fourth-order valence-corrected chi connectivity index (χ4v) is 4.00. The van der Waals surface area contributed by atoms with Crippen LogP contribution in [0.15, 0.2) is 22.7 Å². The molecule has 1 aliphatic rings. The van der Waals surface area contributed by atoms with Gasteiger partial charge in [0.05, 0.1) is 23.3 Å². The van der Waals surface area contributed by atoms with Crippen LogP contribution in [0.25, 0.3) is 0 Å². The van der Waals surface area contributed by atoms with E-state index in [1.807, 2.05) is 18.2 Å². The van der Waals surface area contributed by atoms with Crippen LogP contribution in [-0.4, -0.2) is 31.0 Å². The summed E-state index contributed by atoms with van der Waals surface area (Å²) in [6.45, 7) is 2.24. The average Bonchev–Trinajstić information content (AvgIpc) is 2.47. The molecule has 2 rings (SSSR count). The lowest BCUT2D eigenvalue weighted by Crippen LogP contribution is -2.48. The molecular weight excluding hydrogens is 332 g/mol. The van der Waals surface area contributed by atoms with Gasteiger partial charge in [-0.3, -0.25) is 0 Å². The molecule has 0 aromatic heterocycles. The van der Waals surface area contributed by atoms with Gasteiger partial charge in [-0.2, -0.15) is 0 Å². The minimum absolute atomic E-state index is 0.399. The highest BCUT2D eigenvalue weighted by molar-refractivity contribution is 9.10. The van der Waals surface area contributed by atoms with Gasteiger partial charge >= 0.3 is 0 Å². The monoisotopic (exact) mass is 356 g/mol. The van der Waals surface area contributed by atoms with Gasteiger partial charge in [0, 0.05) is 13.5 Å². The van der Waals surface area contributed by atoms with Gasteiger partial charge in [0.15, 0.2) is 0 Å². The van der Waals surface area contributed by atoms with Crippen molar-refractivity contribution in [2.45, 2.75) is 50.7 Å². The van der Waals surface area contributed by atoms with Crippen molar-refractivity contribution in [3.8, 4) is 5.75 Å². The van der Waals surface area contributed by atoms with E-state index in [0.717, 1.165) is 35.0 Å². The van der Waals surface area contributed by atoms with Crippen LogP contribution in [0, 0.1) is 5.92 Å². The molecule has 0 amide bonds. The van der Waals surface area contributed by atoms with Crippen LogP contribution < -0.4 is 4.74 Å². The van der Waals surface area contributed by atoms with Crippen molar-refractivity contribution in [3.05, 3.63) is 28.2 Å². The predicted octanol–water partition coefficient (Wildman–Crippen LogP) is 3.96. The van der Waals surface area contributed by atoms with Gasteiger partial charge < -0.3 is 14.6 Å². The van der Waals surface area contributed by atoms with Crippen LogP contribution in [0.2, 0.25) is 0 Å². The standard InChI is InChI=1S/C17H25BrO3/c1-12-5-4-8-17(11-12,21-3)16(19)10-13-6-7-15(20-2)14(18)9-13/h6-7,9,12,16,19H,4-5,8,10-11H2,1-3H3. The summed E-state index contributed by atoms with van der Waals surface area (Å²) in [5.41, 5.74) is 0.689. The van der Waals surface area contributed by atoms with Crippen molar-refractivity contribution in [3.63, 3.8) is 0 Å². The van der Waals surface area contributed by atoms with Crippen molar-refractivity contribution in [1.29, 1.82) is 0 Å². The quantitative estimate of drug-likeness (QED) is 0.867. The first-order chi connectivity index (χ1) is 10.0. The molecule has 0 bridgehead atoms. The van der Waals surface area contributed by atoms with E-state index in [4.69, 9.17) is 9.47 Å². The summed E-state index contributed by atoms with van der Waals surface area (Å²) in [6, 6.07) is 5.94. The van der Waals surface area contributed by atoms with Crippen LogP contribution in [0.1, 0.15) is 38.2 Å². The summed E-state index contributed by atoms with van der Waals surface area (Å²) in [4.78, 5) is 0. The number of hydrogen-bond donors (Lipinski definition) is 1. The Labute approximate surface area is 135 Å². The fourth-order valence-electron chi connectivity index (χ4n) is 3.41. The Morgan fingerprint density at radius 1 is 1.43 bits per heavy atom. The van der Waals surface area contributed by atoms with E-state index in [2.05, 4.69) is 22.9 Å². The second kappa shape index (κ2) is 7.12. The topological polar surface area (TPSA) is 38.7 Å². The Hall–Kier alpha value is -0.580. The zero-order valence-electron chi connectivity index (χ0n) is 13.1. The van der Waals surface area contributed by atoms with E-state index in [1.54, 1.807) is 14.2 Å². The molecule has 0 heterocycles. The Morgan fingerprint density at radius 3 is 2.76 bits per heavy atom. The number of ether oxygens (including phenoxy) is 2. The maximum absolute atomic E-state index is 10.7. The van der Waals surface area contributed by atoms with E-state index in [0.29, 0.717) is 12.3 Å². The molecule has 0 radical (unpaired) electrons. The van der Waals surface area contributed by atoms with E-state index in [1.165, 1.54) is 6.42 Å². The van der Waals surface area contributed by atoms with E-state index in [-0.39, 0.29) is 0 Å². The van der Waals surface area contributed by atoms with Crippen LogP contribution >= 0.6 is 15.9 Å². The summed E-state index contributed by atoms with van der Waals surface area (Å²) in [7, 11) is 3.38. The highest BCUT2D eigenvalue weighted by Crippen LogP contribution is 2.38. The van der Waals surface area contributed by atoms with Crippen molar-refractivity contribution in [1.82, 2.24) is 0 Å². The molecule has 1 aromatic rings. The zero-order chi connectivity index (χ0) is 15.5. The third kappa shape index (κ3) is 3.79. The first-order valence-electron chi connectivity index (χ1n) is 7.56. The first kappa shape index (κ1) is 16.8. The van der Waals surface area contributed by atoms with Gasteiger partial charge in [0.2, 0.25) is 0 Å². The number of hydrogen-bond acceptors (Lipinski definition) is 3. The Morgan fingerprint density at radius 2 is 2.19 bits per heavy atom. The molecule has 1 fully saturated rings. The molecule has 1 saturated carbocycles. The maximum Gasteiger partial charge on any atom is 0.133 e. The molecule has 3 nitrogen and oxygen atoms in total. The minimum atomic E-state index is -0.481. The summed E-state index contributed by atoms with van der Waals surface area (Å²) >= 11 is 3.50. The fraction of sp³-hybridized carbons (Fsp3) is 0.647. The van der Waals surface area contributed by atoms with Crippen molar-refractivity contribution >= 4 is 15.9 Å². The molecule has 1 N–H and O–H groups in total. The Bertz CT molecular complexity index is 477. The molecule has 3 unspecified atom stereocenters. The lowest BCUT2D eigenvalue weighted by atomic mass is 9.74. The SMILES string of the molecule is COc1ccc(CC(O)C2(OC)CCCC(C)C2)cc1Br. The van der Waals surface area contributed by atoms with E-state index < -0.39 is 11.7 Å². The van der Waals surface area contributed by atoms with Crippen LogP contribution in [0.5, 0.6) is 5.75 Å². The lowest BCUT2D eigenvalue weighted by Gasteiger charge is -2.42. The summed E-state index contributed by atoms with van der Waals surface area (Å²) < 4.78 is 11.9. The number of rotatable bonds is 5. The molecule has 0 aliphatic heterocycles. The van der Waals surface area contributed by atoms with Crippen LogP contribution in [-0.2, 0) is 11.2 Å². The van der Waals surface area contributed by atoms with E-state index >= 15 is 0 Å². The number of methoxy groups -OCH3 is 2. The molecule has 3 atom stereocenters. The molecule has 21 heavy (non-hydrogen) atoms. The largest absolute Gasteiger partial charge is 0.496 e. The number of halogens is 1. The second-order valence-corrected chi connectivity index (χ2v) is 7.01. The first-order valence-corrected chi connectivity index (χ1v) is 8.35. The molecule has 0 saturated heterocycles. The van der Waals surface area contributed by atoms with Gasteiger partial charge in [-0.05, 0) is 52.4 Å². The zero-order valence-corrected chi connectivity index (χ0v) is 14.6. The average molecular weight is 357 g/mol. The second-order valence-electron chi connectivity index (χ2n) is 6.16. The van der Waals surface area contributed by atoms with Gasteiger partial charge in [-0.1, -0.05) is 25.8 Å². The van der Waals surface area contributed by atoms with Crippen molar-refractivity contribution in [2.75, 3.05) is 14.2 Å². The van der Waals surface area contributed by atoms with Gasteiger partial charge in [0.25, 0.3) is 0 Å². The van der Waals surface area contributed by atoms with E-state index in [9.17, 15) is 5.11 Å². The molecule has 0 spiro atoms. The summed E-state index contributed by atoms with van der Waals surface area (Å²) in [5, 5.41) is 10.7. The van der Waals surface area contributed by atoms with Crippen molar-refractivity contribution < 1.29 is 14.6 Å². The molecular formula is C17H25BrO3. The number of benzene rings is 1. The molecule has 1 aliphatic carbocycles. The van der Waals surface area contributed by atoms with Gasteiger partial charge in [0.1, 0.15) is 5.75 Å². The van der Waals surface area contributed by atoms with Gasteiger partial charge in [-0.15, -0.1) is 0 Å². The lowest BCUT2D eigenvalue weighted by molar-refractivity contribution is -0.131. The predicted molar refractivity (Wildman–Crippen MR) is 87.8 cm³/mol. The number of aliphatic hydroxyl groups excluding tert-OH is 1. The Kier molecular flexibility index (Phi) is 5.69.